The number of carbonyl (C=O) groups is 2. The van der Waals surface area contributed by atoms with Crippen molar-refractivity contribution in [1.82, 2.24) is 15.8 Å². The minimum absolute atomic E-state index is 0.159. The summed E-state index contributed by atoms with van der Waals surface area (Å²) >= 11 is 0. The van der Waals surface area contributed by atoms with E-state index < -0.39 is 17.8 Å². The monoisotopic (exact) mass is 343 g/mol. The Morgan fingerprint density at radius 1 is 1.16 bits per heavy atom. The molecular formula is C17H18FN5O2. The number of anilines is 2. The highest BCUT2D eigenvalue weighted by molar-refractivity contribution is 6.06. The Hall–Kier alpha value is -2.84. The summed E-state index contributed by atoms with van der Waals surface area (Å²) in [5.74, 6) is -1.27. The van der Waals surface area contributed by atoms with Crippen LogP contribution in [-0.2, 0) is 4.79 Å². The molecule has 2 unspecified atom stereocenters. The Bertz CT molecular complexity index is 784. The zero-order valence-electron chi connectivity index (χ0n) is 13.5. The minimum Gasteiger partial charge on any atom is -0.323 e. The number of amides is 2. The molecule has 2 aromatic rings. The third-order valence-electron chi connectivity index (χ3n) is 3.79. The molecule has 4 N–H and O–H groups in total. The van der Waals surface area contributed by atoms with Gasteiger partial charge >= 0.3 is 0 Å². The number of benzene rings is 1. The van der Waals surface area contributed by atoms with E-state index in [0.29, 0.717) is 12.1 Å². The summed E-state index contributed by atoms with van der Waals surface area (Å²) in [5, 5.41) is 5.29. The molecule has 25 heavy (non-hydrogen) atoms. The van der Waals surface area contributed by atoms with Gasteiger partial charge in [-0.2, -0.15) is 0 Å². The first-order valence-electron chi connectivity index (χ1n) is 7.87. The maximum absolute atomic E-state index is 13.6. The largest absolute Gasteiger partial charge is 0.323 e. The number of hydrazine groups is 1. The van der Waals surface area contributed by atoms with Gasteiger partial charge in [0.1, 0.15) is 17.6 Å². The summed E-state index contributed by atoms with van der Waals surface area (Å²) in [6.45, 7) is 1.95. The quantitative estimate of drug-likeness (QED) is 0.677. The standard InChI is InChI=1S/C17H18FN5O2/c1-10-8-15(23-22-10)17(25)21-14-9-11(18)5-6-12(14)20-16(24)13-4-2-3-7-19-13/h2-7,9-10,15,22-23H,8H2,1H3,(H,20,24)(H,21,25). The molecule has 2 atom stereocenters. The number of halogens is 1. The van der Waals surface area contributed by atoms with Gasteiger partial charge in [-0.3, -0.25) is 20.0 Å². The maximum atomic E-state index is 13.6. The second kappa shape index (κ2) is 7.37. The van der Waals surface area contributed by atoms with Crippen molar-refractivity contribution in [3.05, 3.63) is 54.1 Å². The topological polar surface area (TPSA) is 95.2 Å². The molecule has 8 heteroatoms. The van der Waals surface area contributed by atoms with E-state index in [1.807, 2.05) is 6.92 Å². The van der Waals surface area contributed by atoms with Crippen LogP contribution in [0.3, 0.4) is 0 Å². The summed E-state index contributed by atoms with van der Waals surface area (Å²) in [6.07, 6.45) is 2.11. The van der Waals surface area contributed by atoms with Crippen molar-refractivity contribution in [3.63, 3.8) is 0 Å². The molecule has 0 radical (unpaired) electrons. The second-order valence-electron chi connectivity index (χ2n) is 5.83. The molecule has 7 nitrogen and oxygen atoms in total. The van der Waals surface area contributed by atoms with Gasteiger partial charge in [0.15, 0.2) is 0 Å². The summed E-state index contributed by atoms with van der Waals surface area (Å²) in [7, 11) is 0. The van der Waals surface area contributed by atoms with Gasteiger partial charge < -0.3 is 10.6 Å². The molecule has 1 aromatic heterocycles. The molecule has 1 aliphatic heterocycles. The fraction of sp³-hybridized carbons (Fsp3) is 0.235. The van der Waals surface area contributed by atoms with Gasteiger partial charge in [-0.25, -0.2) is 9.82 Å². The lowest BCUT2D eigenvalue weighted by Crippen LogP contribution is -2.40. The summed E-state index contributed by atoms with van der Waals surface area (Å²) in [6, 6.07) is 8.45. The average molecular weight is 343 g/mol. The Labute approximate surface area is 144 Å². The molecule has 2 heterocycles. The van der Waals surface area contributed by atoms with Gasteiger partial charge in [0.05, 0.1) is 11.4 Å². The second-order valence-corrected chi connectivity index (χ2v) is 5.83. The first kappa shape index (κ1) is 17.0. The van der Waals surface area contributed by atoms with Crippen molar-refractivity contribution in [1.29, 1.82) is 0 Å². The summed E-state index contributed by atoms with van der Waals surface area (Å²) in [5.41, 5.74) is 6.53. The Kier molecular flexibility index (Phi) is 5.01. The molecule has 2 amide bonds. The molecule has 0 aliphatic carbocycles. The number of nitrogens with one attached hydrogen (secondary N) is 4. The average Bonchev–Trinajstić information content (AvgIpc) is 3.04. The van der Waals surface area contributed by atoms with E-state index in [1.165, 1.54) is 18.3 Å². The fourth-order valence-corrected chi connectivity index (χ4v) is 2.52. The molecule has 3 rings (SSSR count). The predicted octanol–water partition coefficient (Wildman–Crippen LogP) is 1.67. The van der Waals surface area contributed by atoms with Gasteiger partial charge in [0.2, 0.25) is 5.91 Å². The number of rotatable bonds is 4. The lowest BCUT2D eigenvalue weighted by Gasteiger charge is -2.15. The number of carbonyl (C=O) groups excluding carboxylic acids is 2. The van der Waals surface area contributed by atoms with Crippen LogP contribution in [-0.4, -0.2) is 28.9 Å². The van der Waals surface area contributed by atoms with Gasteiger partial charge in [-0.05, 0) is 43.7 Å². The third kappa shape index (κ3) is 4.17. The van der Waals surface area contributed by atoms with Crippen LogP contribution in [0.5, 0.6) is 0 Å². The molecule has 0 bridgehead atoms. The maximum Gasteiger partial charge on any atom is 0.274 e. The van der Waals surface area contributed by atoms with Gasteiger partial charge in [0, 0.05) is 12.2 Å². The Morgan fingerprint density at radius 3 is 2.68 bits per heavy atom. The van der Waals surface area contributed by atoms with Crippen LogP contribution in [0, 0.1) is 5.82 Å². The molecule has 0 saturated carbocycles. The number of pyridine rings is 1. The van der Waals surface area contributed by atoms with Crippen molar-refractivity contribution in [3.8, 4) is 0 Å². The summed E-state index contributed by atoms with van der Waals surface area (Å²) in [4.78, 5) is 28.5. The van der Waals surface area contributed by atoms with Crippen LogP contribution >= 0.6 is 0 Å². The van der Waals surface area contributed by atoms with Crippen LogP contribution in [0.4, 0.5) is 15.8 Å². The van der Waals surface area contributed by atoms with Crippen molar-refractivity contribution in [2.45, 2.75) is 25.4 Å². The van der Waals surface area contributed by atoms with E-state index in [-0.39, 0.29) is 23.3 Å². The smallest absolute Gasteiger partial charge is 0.274 e. The van der Waals surface area contributed by atoms with Crippen molar-refractivity contribution < 1.29 is 14.0 Å². The van der Waals surface area contributed by atoms with Gasteiger partial charge in [-0.15, -0.1) is 0 Å². The van der Waals surface area contributed by atoms with Crippen LogP contribution < -0.4 is 21.5 Å². The molecule has 1 aliphatic rings. The highest BCUT2D eigenvalue weighted by atomic mass is 19.1. The highest BCUT2D eigenvalue weighted by Crippen LogP contribution is 2.24. The first-order chi connectivity index (χ1) is 12.0. The molecule has 1 saturated heterocycles. The van der Waals surface area contributed by atoms with E-state index >= 15 is 0 Å². The van der Waals surface area contributed by atoms with Crippen molar-refractivity contribution in [2.24, 2.45) is 0 Å². The highest BCUT2D eigenvalue weighted by Gasteiger charge is 2.27. The fourth-order valence-electron chi connectivity index (χ4n) is 2.52. The Morgan fingerprint density at radius 2 is 2.00 bits per heavy atom. The summed E-state index contributed by atoms with van der Waals surface area (Å²) < 4.78 is 13.6. The predicted molar refractivity (Wildman–Crippen MR) is 91.4 cm³/mol. The molecule has 0 spiro atoms. The number of nitrogens with zero attached hydrogens (tertiary/aromatic N) is 1. The minimum atomic E-state index is -0.517. The van der Waals surface area contributed by atoms with E-state index in [0.717, 1.165) is 6.07 Å². The molecular weight excluding hydrogens is 325 g/mol. The number of aromatic nitrogens is 1. The van der Waals surface area contributed by atoms with Crippen LogP contribution in [0.25, 0.3) is 0 Å². The van der Waals surface area contributed by atoms with Crippen molar-refractivity contribution >= 4 is 23.2 Å². The van der Waals surface area contributed by atoms with Crippen molar-refractivity contribution in [2.75, 3.05) is 10.6 Å². The lowest BCUT2D eigenvalue weighted by molar-refractivity contribution is -0.117. The Balaban J connectivity index is 1.76. The van der Waals surface area contributed by atoms with E-state index in [2.05, 4.69) is 26.5 Å². The molecule has 1 aromatic carbocycles. The lowest BCUT2D eigenvalue weighted by atomic mass is 10.1. The third-order valence-corrected chi connectivity index (χ3v) is 3.79. The van der Waals surface area contributed by atoms with E-state index in [4.69, 9.17) is 0 Å². The number of hydrogen-bond donors (Lipinski definition) is 4. The van der Waals surface area contributed by atoms with E-state index in [9.17, 15) is 14.0 Å². The zero-order valence-corrected chi connectivity index (χ0v) is 13.5. The number of hydrogen-bond acceptors (Lipinski definition) is 5. The SMILES string of the molecule is CC1CC(C(=O)Nc2cc(F)ccc2NC(=O)c2ccccn2)NN1. The van der Waals surface area contributed by atoms with Crippen LogP contribution in [0.2, 0.25) is 0 Å². The van der Waals surface area contributed by atoms with Crippen LogP contribution in [0.15, 0.2) is 42.6 Å². The first-order valence-corrected chi connectivity index (χ1v) is 7.87. The van der Waals surface area contributed by atoms with Gasteiger partial charge in [0.25, 0.3) is 5.91 Å². The van der Waals surface area contributed by atoms with E-state index in [1.54, 1.807) is 18.2 Å². The van der Waals surface area contributed by atoms with Crippen LogP contribution in [0.1, 0.15) is 23.8 Å². The molecule has 130 valence electrons. The molecule has 1 fully saturated rings. The van der Waals surface area contributed by atoms with Gasteiger partial charge in [-0.1, -0.05) is 6.07 Å². The zero-order chi connectivity index (χ0) is 17.8. The normalized spacial score (nSPS) is 19.4.